The number of nitrogens with zero attached hydrogens (tertiary/aromatic N) is 1. The molecule has 0 aliphatic rings. The Morgan fingerprint density at radius 1 is 1.26 bits per heavy atom. The van der Waals surface area contributed by atoms with Crippen molar-refractivity contribution in [2.45, 2.75) is 39.7 Å². The Hall–Kier alpha value is -1.61. The number of aryl methyl sites for hydroxylation is 3. The van der Waals surface area contributed by atoms with Gasteiger partial charge < -0.3 is 10.3 Å². The summed E-state index contributed by atoms with van der Waals surface area (Å²) in [6.45, 7) is 8.01. The Bertz CT molecular complexity index is 690. The van der Waals surface area contributed by atoms with Gasteiger partial charge in [0.1, 0.15) is 0 Å². The van der Waals surface area contributed by atoms with Crippen LogP contribution in [0.25, 0.3) is 10.9 Å². The van der Waals surface area contributed by atoms with Crippen molar-refractivity contribution >= 4 is 10.9 Å². The van der Waals surface area contributed by atoms with Crippen LogP contribution in [0, 0.1) is 13.8 Å². The van der Waals surface area contributed by atoms with Crippen LogP contribution in [0.3, 0.4) is 0 Å². The number of benzene rings is 1. The second-order valence-electron chi connectivity index (χ2n) is 6.14. The average Bonchev–Trinajstić information content (AvgIpc) is 2.28. The second kappa shape index (κ2) is 4.49. The molecule has 0 aliphatic carbocycles. The molecule has 0 unspecified atom stereocenters. The van der Waals surface area contributed by atoms with Crippen molar-refractivity contribution in [3.63, 3.8) is 0 Å². The molecule has 0 atom stereocenters. The van der Waals surface area contributed by atoms with Crippen LogP contribution in [-0.2, 0) is 13.5 Å². The van der Waals surface area contributed by atoms with Gasteiger partial charge in [0.15, 0.2) is 0 Å². The van der Waals surface area contributed by atoms with Crippen molar-refractivity contribution in [2.75, 3.05) is 0 Å². The zero-order valence-corrected chi connectivity index (χ0v) is 12.4. The van der Waals surface area contributed by atoms with Crippen molar-refractivity contribution in [1.82, 2.24) is 4.57 Å². The minimum atomic E-state index is -0.375. The Kier molecular flexibility index (Phi) is 3.27. The normalized spacial score (nSPS) is 12.1. The predicted molar refractivity (Wildman–Crippen MR) is 80.6 cm³/mol. The van der Waals surface area contributed by atoms with Crippen LogP contribution in [0.5, 0.6) is 0 Å². The Morgan fingerprint density at radius 2 is 1.89 bits per heavy atom. The van der Waals surface area contributed by atoms with Gasteiger partial charge in [0.2, 0.25) is 0 Å². The van der Waals surface area contributed by atoms with Gasteiger partial charge in [-0.1, -0.05) is 12.1 Å². The van der Waals surface area contributed by atoms with Crippen molar-refractivity contribution in [3.05, 3.63) is 45.2 Å². The highest BCUT2D eigenvalue weighted by Gasteiger charge is 2.16. The molecule has 0 spiro atoms. The van der Waals surface area contributed by atoms with Gasteiger partial charge in [0.05, 0.1) is 5.52 Å². The Morgan fingerprint density at radius 3 is 2.47 bits per heavy atom. The standard InChI is InChI=1S/C16H22N2O/c1-10-6-7-12-8-13(9-16(3,4)17)15(19)18(5)14(12)11(10)2/h6-8H,9,17H2,1-5H3. The van der Waals surface area contributed by atoms with Crippen molar-refractivity contribution in [1.29, 1.82) is 0 Å². The summed E-state index contributed by atoms with van der Waals surface area (Å²) in [5.74, 6) is 0. The molecule has 2 N–H and O–H groups in total. The Labute approximate surface area is 114 Å². The fraction of sp³-hybridized carbons (Fsp3) is 0.438. The zero-order valence-electron chi connectivity index (χ0n) is 12.4. The van der Waals surface area contributed by atoms with Gasteiger partial charge in [-0.3, -0.25) is 4.79 Å². The van der Waals surface area contributed by atoms with E-state index < -0.39 is 0 Å². The van der Waals surface area contributed by atoms with Gasteiger partial charge in [-0.25, -0.2) is 0 Å². The molecule has 0 bridgehead atoms. The van der Waals surface area contributed by atoms with E-state index >= 15 is 0 Å². The van der Waals surface area contributed by atoms with Crippen LogP contribution in [0.4, 0.5) is 0 Å². The molecule has 1 heterocycles. The van der Waals surface area contributed by atoms with Crippen molar-refractivity contribution in [3.8, 4) is 0 Å². The minimum absolute atomic E-state index is 0.0553. The van der Waals surface area contributed by atoms with Gasteiger partial charge in [0.25, 0.3) is 5.56 Å². The summed E-state index contributed by atoms with van der Waals surface area (Å²) >= 11 is 0. The van der Waals surface area contributed by atoms with E-state index in [9.17, 15) is 4.79 Å². The lowest BCUT2D eigenvalue weighted by Gasteiger charge is -2.19. The number of pyridine rings is 1. The maximum absolute atomic E-state index is 12.4. The molecule has 3 nitrogen and oxygen atoms in total. The van der Waals surface area contributed by atoms with Crippen LogP contribution >= 0.6 is 0 Å². The summed E-state index contributed by atoms with van der Waals surface area (Å²) in [5.41, 5.74) is 9.88. The van der Waals surface area contributed by atoms with Crippen molar-refractivity contribution in [2.24, 2.45) is 12.8 Å². The van der Waals surface area contributed by atoms with Crippen LogP contribution in [0.1, 0.15) is 30.5 Å². The molecule has 0 aliphatic heterocycles. The number of aromatic nitrogens is 1. The fourth-order valence-electron chi connectivity index (χ4n) is 2.57. The summed E-state index contributed by atoms with van der Waals surface area (Å²) in [5, 5.41) is 1.10. The maximum Gasteiger partial charge on any atom is 0.254 e. The lowest BCUT2D eigenvalue weighted by molar-refractivity contribution is 0.513. The molecule has 19 heavy (non-hydrogen) atoms. The summed E-state index contributed by atoms with van der Waals surface area (Å²) in [6.07, 6.45) is 0.586. The summed E-state index contributed by atoms with van der Waals surface area (Å²) in [7, 11) is 1.84. The fourth-order valence-corrected chi connectivity index (χ4v) is 2.57. The number of nitrogens with two attached hydrogens (primary N) is 1. The van der Waals surface area contributed by atoms with E-state index in [4.69, 9.17) is 5.73 Å². The van der Waals surface area contributed by atoms with Crippen LogP contribution < -0.4 is 11.3 Å². The highest BCUT2D eigenvalue weighted by molar-refractivity contribution is 5.83. The molecule has 3 heteroatoms. The lowest BCUT2D eigenvalue weighted by Crippen LogP contribution is -2.37. The molecule has 102 valence electrons. The SMILES string of the molecule is Cc1ccc2cc(CC(C)(C)N)c(=O)n(C)c2c1C. The molecule has 0 radical (unpaired) electrons. The van der Waals surface area contributed by atoms with Crippen LogP contribution in [-0.4, -0.2) is 10.1 Å². The lowest BCUT2D eigenvalue weighted by atomic mass is 9.95. The first-order valence-corrected chi connectivity index (χ1v) is 6.58. The third kappa shape index (κ3) is 2.56. The molecule has 0 saturated carbocycles. The molecule has 0 fully saturated rings. The number of fused-ring (bicyclic) bond motifs is 1. The minimum Gasteiger partial charge on any atom is -0.325 e. The summed E-state index contributed by atoms with van der Waals surface area (Å²) in [6, 6.07) is 6.16. The second-order valence-corrected chi connectivity index (χ2v) is 6.14. The number of rotatable bonds is 2. The first-order chi connectivity index (χ1) is 8.70. The van der Waals surface area contributed by atoms with Gasteiger partial charge in [-0.15, -0.1) is 0 Å². The molecule has 0 saturated heterocycles. The molecule has 1 aromatic carbocycles. The monoisotopic (exact) mass is 258 g/mol. The molecule has 2 rings (SSSR count). The van der Waals surface area contributed by atoms with Crippen LogP contribution in [0.15, 0.2) is 23.0 Å². The van der Waals surface area contributed by atoms with E-state index in [1.165, 1.54) is 5.56 Å². The van der Waals surface area contributed by atoms with Crippen LogP contribution in [0.2, 0.25) is 0 Å². The number of hydrogen-bond donors (Lipinski definition) is 1. The van der Waals surface area contributed by atoms with E-state index in [2.05, 4.69) is 26.0 Å². The van der Waals surface area contributed by atoms with Gasteiger partial charge >= 0.3 is 0 Å². The molecular formula is C16H22N2O. The average molecular weight is 258 g/mol. The van der Waals surface area contributed by atoms with E-state index in [1.54, 1.807) is 4.57 Å². The van der Waals surface area contributed by atoms with Crippen molar-refractivity contribution < 1.29 is 0 Å². The molecule has 1 aromatic heterocycles. The quantitative estimate of drug-likeness (QED) is 0.899. The maximum atomic E-state index is 12.4. The third-order valence-electron chi connectivity index (χ3n) is 3.62. The first-order valence-electron chi connectivity index (χ1n) is 6.58. The summed E-state index contributed by atoms with van der Waals surface area (Å²) in [4.78, 5) is 12.4. The van der Waals surface area contributed by atoms with E-state index in [-0.39, 0.29) is 11.1 Å². The van der Waals surface area contributed by atoms with Gasteiger partial charge in [0, 0.05) is 18.2 Å². The molecular weight excluding hydrogens is 236 g/mol. The van der Waals surface area contributed by atoms with Gasteiger partial charge in [-0.05, 0) is 56.7 Å². The topological polar surface area (TPSA) is 48.0 Å². The van der Waals surface area contributed by atoms with E-state index in [0.29, 0.717) is 6.42 Å². The van der Waals surface area contributed by atoms with Gasteiger partial charge in [-0.2, -0.15) is 0 Å². The number of hydrogen-bond acceptors (Lipinski definition) is 2. The third-order valence-corrected chi connectivity index (χ3v) is 3.62. The molecule has 2 aromatic rings. The summed E-state index contributed by atoms with van der Waals surface area (Å²) < 4.78 is 1.75. The highest BCUT2D eigenvalue weighted by atomic mass is 16.1. The highest BCUT2D eigenvalue weighted by Crippen LogP contribution is 2.21. The van der Waals surface area contributed by atoms with E-state index in [0.717, 1.165) is 22.0 Å². The predicted octanol–water partition coefficient (Wildman–Crippen LogP) is 2.44. The molecule has 0 amide bonds. The Balaban J connectivity index is 2.76. The van der Waals surface area contributed by atoms with E-state index in [1.807, 2.05) is 27.0 Å². The largest absolute Gasteiger partial charge is 0.325 e. The first kappa shape index (κ1) is 13.8. The smallest absolute Gasteiger partial charge is 0.254 e. The zero-order chi connectivity index (χ0) is 14.4.